The molecule has 1 aromatic carbocycles. The monoisotopic (exact) mass is 404 g/mol. The summed E-state index contributed by atoms with van der Waals surface area (Å²) in [5, 5.41) is 3.69. The molecule has 0 aliphatic heterocycles. The van der Waals surface area contributed by atoms with E-state index in [1.807, 2.05) is 27.7 Å². The molecule has 0 saturated carbocycles. The van der Waals surface area contributed by atoms with Crippen molar-refractivity contribution in [1.29, 1.82) is 0 Å². The molecule has 1 atom stereocenters. The van der Waals surface area contributed by atoms with Gasteiger partial charge in [0.1, 0.15) is 17.6 Å². The van der Waals surface area contributed by atoms with Crippen molar-refractivity contribution in [1.82, 2.24) is 4.98 Å². The van der Waals surface area contributed by atoms with Crippen molar-refractivity contribution >= 4 is 29.5 Å². The Labute approximate surface area is 170 Å². The molecule has 0 aliphatic carbocycles. The van der Waals surface area contributed by atoms with Crippen LogP contribution in [0.3, 0.4) is 0 Å². The summed E-state index contributed by atoms with van der Waals surface area (Å²) in [4.78, 5) is 28.3. The van der Waals surface area contributed by atoms with E-state index in [4.69, 9.17) is 21.1 Å². The Morgan fingerprint density at radius 2 is 1.89 bits per heavy atom. The second-order valence-electron chi connectivity index (χ2n) is 6.45. The summed E-state index contributed by atoms with van der Waals surface area (Å²) < 4.78 is 11.0. The average Bonchev–Trinajstić information content (AvgIpc) is 2.67. The zero-order valence-electron chi connectivity index (χ0n) is 16.8. The average molecular weight is 405 g/mol. The maximum atomic E-state index is 12.5. The van der Waals surface area contributed by atoms with Gasteiger partial charge in [-0.2, -0.15) is 0 Å². The van der Waals surface area contributed by atoms with Gasteiger partial charge in [0.15, 0.2) is 0 Å². The molecule has 0 spiro atoms. The van der Waals surface area contributed by atoms with Crippen LogP contribution in [-0.2, 0) is 16.0 Å². The van der Waals surface area contributed by atoms with Crippen LogP contribution in [0, 0.1) is 13.8 Å². The SMILES string of the molecule is CCc1cc(NC(C=O)CC)c(C(=O)OC)c(Oc2c(C)cc(Cl)cc2C)n1. The number of ether oxygens (including phenoxy) is 2. The third-order valence-corrected chi connectivity index (χ3v) is 4.58. The molecule has 1 unspecified atom stereocenters. The molecular weight excluding hydrogens is 380 g/mol. The number of pyridine rings is 1. The predicted octanol–water partition coefficient (Wildman–Crippen LogP) is 4.88. The van der Waals surface area contributed by atoms with E-state index in [1.54, 1.807) is 18.2 Å². The largest absolute Gasteiger partial charge is 0.465 e. The number of aryl methyl sites for hydroxylation is 3. The van der Waals surface area contributed by atoms with E-state index in [1.165, 1.54) is 7.11 Å². The fourth-order valence-electron chi connectivity index (χ4n) is 2.83. The van der Waals surface area contributed by atoms with Crippen molar-refractivity contribution in [2.45, 2.75) is 46.6 Å². The van der Waals surface area contributed by atoms with Gasteiger partial charge in [-0.15, -0.1) is 0 Å². The fraction of sp³-hybridized carbons (Fsp3) is 0.381. The van der Waals surface area contributed by atoms with Crippen molar-refractivity contribution in [2.24, 2.45) is 0 Å². The molecule has 0 amide bonds. The van der Waals surface area contributed by atoms with Gasteiger partial charge in [-0.25, -0.2) is 9.78 Å². The van der Waals surface area contributed by atoms with Gasteiger partial charge in [0.25, 0.3) is 0 Å². The molecule has 1 aromatic heterocycles. The van der Waals surface area contributed by atoms with Crippen LogP contribution < -0.4 is 10.1 Å². The van der Waals surface area contributed by atoms with E-state index < -0.39 is 12.0 Å². The molecule has 28 heavy (non-hydrogen) atoms. The number of carbonyl (C=O) groups excluding carboxylic acids is 2. The molecule has 1 N–H and O–H groups in total. The van der Waals surface area contributed by atoms with Gasteiger partial charge >= 0.3 is 5.97 Å². The maximum Gasteiger partial charge on any atom is 0.345 e. The molecular formula is C21H25ClN2O4. The molecule has 1 heterocycles. The highest BCUT2D eigenvalue weighted by Gasteiger charge is 2.24. The molecule has 2 aromatic rings. The second-order valence-corrected chi connectivity index (χ2v) is 6.89. The lowest BCUT2D eigenvalue weighted by Gasteiger charge is -2.19. The Kier molecular flexibility index (Phi) is 7.40. The Morgan fingerprint density at radius 1 is 1.25 bits per heavy atom. The van der Waals surface area contributed by atoms with Gasteiger partial charge in [-0.3, -0.25) is 0 Å². The number of benzene rings is 1. The first-order chi connectivity index (χ1) is 13.3. The molecule has 150 valence electrons. The molecule has 0 radical (unpaired) electrons. The second kappa shape index (κ2) is 9.55. The van der Waals surface area contributed by atoms with E-state index in [0.717, 1.165) is 23.1 Å². The zero-order chi connectivity index (χ0) is 20.8. The van der Waals surface area contributed by atoms with Crippen molar-refractivity contribution in [3.8, 4) is 11.6 Å². The summed E-state index contributed by atoms with van der Waals surface area (Å²) in [6.07, 6.45) is 2.00. The van der Waals surface area contributed by atoms with E-state index >= 15 is 0 Å². The quantitative estimate of drug-likeness (QED) is 0.499. The third-order valence-electron chi connectivity index (χ3n) is 4.36. The van der Waals surface area contributed by atoms with Crippen LogP contribution in [0.25, 0.3) is 0 Å². The summed E-state index contributed by atoms with van der Waals surface area (Å²) >= 11 is 6.10. The summed E-state index contributed by atoms with van der Waals surface area (Å²) in [5.41, 5.74) is 2.96. The number of nitrogens with zero attached hydrogens (tertiary/aromatic N) is 1. The van der Waals surface area contributed by atoms with E-state index in [0.29, 0.717) is 29.3 Å². The summed E-state index contributed by atoms with van der Waals surface area (Å²) in [5.74, 6) is 0.101. The highest BCUT2D eigenvalue weighted by molar-refractivity contribution is 6.30. The number of aldehydes is 1. The fourth-order valence-corrected chi connectivity index (χ4v) is 3.16. The molecule has 7 heteroatoms. The lowest BCUT2D eigenvalue weighted by molar-refractivity contribution is -0.108. The number of carbonyl (C=O) groups is 2. The minimum absolute atomic E-state index is 0.128. The topological polar surface area (TPSA) is 77.5 Å². The molecule has 2 rings (SSSR count). The Balaban J connectivity index is 2.64. The van der Waals surface area contributed by atoms with Crippen LogP contribution >= 0.6 is 11.6 Å². The van der Waals surface area contributed by atoms with Gasteiger partial charge in [0.05, 0.1) is 18.8 Å². The first-order valence-electron chi connectivity index (χ1n) is 9.13. The lowest BCUT2D eigenvalue weighted by Crippen LogP contribution is -2.22. The smallest absolute Gasteiger partial charge is 0.345 e. The number of anilines is 1. The molecule has 0 aliphatic rings. The Bertz CT molecular complexity index is 860. The maximum absolute atomic E-state index is 12.5. The van der Waals surface area contributed by atoms with Crippen LogP contribution in [0.5, 0.6) is 11.6 Å². The van der Waals surface area contributed by atoms with Crippen molar-refractivity contribution in [3.63, 3.8) is 0 Å². The van der Waals surface area contributed by atoms with Crippen LogP contribution in [0.4, 0.5) is 5.69 Å². The number of methoxy groups -OCH3 is 1. The Hall–Kier alpha value is -2.60. The zero-order valence-corrected chi connectivity index (χ0v) is 17.5. The number of rotatable bonds is 8. The highest BCUT2D eigenvalue weighted by Crippen LogP contribution is 2.35. The van der Waals surface area contributed by atoms with Crippen molar-refractivity contribution in [2.75, 3.05) is 12.4 Å². The number of halogens is 1. The summed E-state index contributed by atoms with van der Waals surface area (Å²) in [6.45, 7) is 7.57. The number of hydrogen-bond acceptors (Lipinski definition) is 6. The molecule has 0 bridgehead atoms. The van der Waals surface area contributed by atoms with Gasteiger partial charge in [0.2, 0.25) is 5.88 Å². The lowest BCUT2D eigenvalue weighted by atomic mass is 10.1. The van der Waals surface area contributed by atoms with E-state index in [-0.39, 0.29) is 11.4 Å². The third kappa shape index (κ3) is 4.81. The number of aromatic nitrogens is 1. The van der Waals surface area contributed by atoms with Crippen molar-refractivity contribution < 1.29 is 19.1 Å². The summed E-state index contributed by atoms with van der Waals surface area (Å²) in [7, 11) is 1.29. The van der Waals surface area contributed by atoms with Crippen LogP contribution in [0.2, 0.25) is 5.02 Å². The molecule has 0 fully saturated rings. The first kappa shape index (κ1) is 21.7. The van der Waals surface area contributed by atoms with Crippen LogP contribution in [0.1, 0.15) is 47.4 Å². The van der Waals surface area contributed by atoms with Gasteiger partial charge in [-0.05, 0) is 56.0 Å². The standard InChI is InChI=1S/C21H25ClN2O4/c1-6-15-10-17(23-16(7-2)11-25)18(21(26)27-5)20(24-15)28-19-12(3)8-14(22)9-13(19)4/h8-11,16H,6-7H2,1-5H3,(H,23,24). The number of nitrogens with one attached hydrogen (secondary N) is 1. The Morgan fingerprint density at radius 3 is 2.39 bits per heavy atom. The minimum Gasteiger partial charge on any atom is -0.465 e. The highest BCUT2D eigenvalue weighted by atomic mass is 35.5. The van der Waals surface area contributed by atoms with Gasteiger partial charge < -0.3 is 19.6 Å². The van der Waals surface area contributed by atoms with Crippen molar-refractivity contribution in [3.05, 3.63) is 45.6 Å². The summed E-state index contributed by atoms with van der Waals surface area (Å²) in [6, 6.07) is 4.86. The number of esters is 1. The number of hydrogen-bond donors (Lipinski definition) is 1. The van der Waals surface area contributed by atoms with Gasteiger partial charge in [-0.1, -0.05) is 25.4 Å². The van der Waals surface area contributed by atoms with Crippen LogP contribution in [0.15, 0.2) is 18.2 Å². The normalized spacial score (nSPS) is 11.6. The predicted molar refractivity (Wildman–Crippen MR) is 110 cm³/mol. The van der Waals surface area contributed by atoms with Gasteiger partial charge in [0, 0.05) is 10.7 Å². The van der Waals surface area contributed by atoms with Crippen LogP contribution in [-0.4, -0.2) is 30.4 Å². The van der Waals surface area contributed by atoms with E-state index in [2.05, 4.69) is 10.3 Å². The minimum atomic E-state index is -0.599. The van der Waals surface area contributed by atoms with E-state index in [9.17, 15) is 9.59 Å². The molecule has 6 nitrogen and oxygen atoms in total. The first-order valence-corrected chi connectivity index (χ1v) is 9.50. The molecule has 0 saturated heterocycles.